The Labute approximate surface area is 148 Å². The van der Waals surface area contributed by atoms with Gasteiger partial charge in [-0.1, -0.05) is 0 Å². The molecule has 2 aliphatic carbocycles. The molecule has 148 valence electrons. The highest BCUT2D eigenvalue weighted by Gasteiger charge is 2.51. The molecule has 0 aromatic heterocycles. The first kappa shape index (κ1) is 19.3. The summed E-state index contributed by atoms with van der Waals surface area (Å²) < 4.78 is 51.8. The predicted octanol–water partition coefficient (Wildman–Crippen LogP) is 0.321. The number of hydrogen-bond donors (Lipinski definition) is 3. The maximum absolute atomic E-state index is 12.9. The fraction of sp³-hybridized carbons (Fsp3) is 0.875. The number of likely N-dealkylation sites (tertiary alicyclic amines) is 1. The molecular weight excluding hydrogens is 356 g/mol. The van der Waals surface area contributed by atoms with Crippen LogP contribution in [0.25, 0.3) is 0 Å². The summed E-state index contributed by atoms with van der Waals surface area (Å²) in [7, 11) is 0. The molecule has 1 aliphatic heterocycles. The predicted molar refractivity (Wildman–Crippen MR) is 84.7 cm³/mol. The van der Waals surface area contributed by atoms with Gasteiger partial charge in [-0.15, -0.1) is 0 Å². The number of alkyl halides is 4. The maximum Gasteiger partial charge on any atom is 0.249 e. The molecule has 0 unspecified atom stereocenters. The second kappa shape index (κ2) is 6.95. The van der Waals surface area contributed by atoms with E-state index >= 15 is 0 Å². The average Bonchev–Trinajstić information content (AvgIpc) is 2.83. The van der Waals surface area contributed by atoms with E-state index in [1.54, 1.807) is 0 Å². The topological polar surface area (TPSA) is 87.5 Å². The van der Waals surface area contributed by atoms with E-state index in [1.165, 1.54) is 0 Å². The number of nitrogens with zero attached hydrogens (tertiary/aromatic N) is 1. The zero-order valence-electron chi connectivity index (χ0n) is 14.3. The minimum atomic E-state index is -2.79. The van der Waals surface area contributed by atoms with Crippen molar-refractivity contribution in [2.24, 2.45) is 17.6 Å². The van der Waals surface area contributed by atoms with Crippen LogP contribution in [0.3, 0.4) is 0 Å². The van der Waals surface area contributed by atoms with Crippen LogP contribution < -0.4 is 16.4 Å². The molecule has 26 heavy (non-hydrogen) atoms. The molecule has 1 saturated heterocycles. The van der Waals surface area contributed by atoms with E-state index in [0.29, 0.717) is 26.2 Å². The van der Waals surface area contributed by atoms with Gasteiger partial charge in [-0.3, -0.25) is 14.5 Å². The molecule has 2 saturated carbocycles. The Morgan fingerprint density at radius 3 is 1.58 bits per heavy atom. The number of carbonyl (C=O) groups excluding carboxylic acids is 2. The highest BCUT2D eigenvalue weighted by atomic mass is 19.3. The van der Waals surface area contributed by atoms with Gasteiger partial charge in [0.2, 0.25) is 23.7 Å². The number of rotatable bonds is 6. The molecule has 3 aliphatic rings. The Hall–Kier alpha value is -1.42. The summed E-state index contributed by atoms with van der Waals surface area (Å²) in [5.74, 6) is -7.93. The molecule has 10 heteroatoms. The molecule has 2 atom stereocenters. The van der Waals surface area contributed by atoms with Crippen LogP contribution in [0.15, 0.2) is 0 Å². The van der Waals surface area contributed by atoms with Gasteiger partial charge < -0.3 is 16.4 Å². The van der Waals surface area contributed by atoms with Crippen LogP contribution in [0.1, 0.15) is 25.7 Å². The van der Waals surface area contributed by atoms with Crippen molar-refractivity contribution in [2.45, 2.75) is 49.6 Å². The van der Waals surface area contributed by atoms with E-state index in [0.717, 1.165) is 0 Å². The Balaban J connectivity index is 1.55. The SMILES string of the molecule is NCCN1C[C@@H](NC(=O)C2CC(F)(F)C2)[C@H](NC(=O)C2CC(F)(F)C2)C1. The second-order valence-electron chi connectivity index (χ2n) is 7.70. The molecule has 3 rings (SSSR count). The fourth-order valence-electron chi connectivity index (χ4n) is 3.84. The third kappa shape index (κ3) is 4.28. The van der Waals surface area contributed by atoms with Gasteiger partial charge in [-0.25, -0.2) is 17.6 Å². The number of hydrogen-bond acceptors (Lipinski definition) is 4. The van der Waals surface area contributed by atoms with Crippen LogP contribution in [0.4, 0.5) is 17.6 Å². The lowest BCUT2D eigenvalue weighted by Gasteiger charge is -2.36. The van der Waals surface area contributed by atoms with Crippen LogP contribution in [-0.2, 0) is 9.59 Å². The van der Waals surface area contributed by atoms with Gasteiger partial charge in [0.25, 0.3) is 0 Å². The van der Waals surface area contributed by atoms with E-state index in [9.17, 15) is 27.2 Å². The number of carbonyl (C=O) groups is 2. The minimum absolute atomic E-state index is 0.394. The third-order valence-corrected chi connectivity index (χ3v) is 5.42. The van der Waals surface area contributed by atoms with E-state index in [2.05, 4.69) is 10.6 Å². The molecule has 1 heterocycles. The van der Waals surface area contributed by atoms with Crippen molar-refractivity contribution in [3.63, 3.8) is 0 Å². The number of halogens is 4. The normalized spacial score (nSPS) is 31.1. The van der Waals surface area contributed by atoms with Gasteiger partial charge in [-0.2, -0.15) is 0 Å². The Bertz CT molecular complexity index is 512. The smallest absolute Gasteiger partial charge is 0.249 e. The molecule has 3 fully saturated rings. The molecule has 6 nitrogen and oxygen atoms in total. The molecule has 2 amide bonds. The first-order chi connectivity index (χ1) is 12.1. The van der Waals surface area contributed by atoms with Crippen molar-refractivity contribution in [3.8, 4) is 0 Å². The van der Waals surface area contributed by atoms with Crippen molar-refractivity contribution >= 4 is 11.8 Å². The van der Waals surface area contributed by atoms with Crippen molar-refractivity contribution in [2.75, 3.05) is 26.2 Å². The minimum Gasteiger partial charge on any atom is -0.350 e. The summed E-state index contributed by atoms with van der Waals surface area (Å²) >= 11 is 0. The Morgan fingerprint density at radius 1 is 0.885 bits per heavy atom. The molecule has 0 radical (unpaired) electrons. The quantitative estimate of drug-likeness (QED) is 0.580. The van der Waals surface area contributed by atoms with Crippen LogP contribution in [0.2, 0.25) is 0 Å². The van der Waals surface area contributed by atoms with E-state index in [-0.39, 0.29) is 0 Å². The van der Waals surface area contributed by atoms with Crippen molar-refractivity contribution in [1.29, 1.82) is 0 Å². The lowest BCUT2D eigenvalue weighted by molar-refractivity contribution is -0.152. The van der Waals surface area contributed by atoms with Crippen molar-refractivity contribution in [1.82, 2.24) is 15.5 Å². The zero-order chi connectivity index (χ0) is 19.1. The highest BCUT2D eigenvalue weighted by molar-refractivity contribution is 5.82. The number of amides is 2. The number of nitrogens with two attached hydrogens (primary N) is 1. The number of nitrogens with one attached hydrogen (secondary N) is 2. The van der Waals surface area contributed by atoms with Crippen LogP contribution in [0, 0.1) is 11.8 Å². The molecule has 0 spiro atoms. The van der Waals surface area contributed by atoms with Gasteiger partial charge in [0.05, 0.1) is 12.1 Å². The molecule has 0 aromatic rings. The largest absolute Gasteiger partial charge is 0.350 e. The first-order valence-electron chi connectivity index (χ1n) is 8.87. The third-order valence-electron chi connectivity index (χ3n) is 5.42. The molecule has 0 bridgehead atoms. The standard InChI is InChI=1S/C16H24F4N4O2/c17-15(18)3-9(4-15)13(25)22-11-7-24(2-1-21)8-12(11)23-14(26)10-5-16(19,20)6-10/h9-12H,1-8,21H2,(H,22,25)(H,23,26)/t11-,12-/m1/s1. The summed E-state index contributed by atoms with van der Waals surface area (Å²) in [6, 6.07) is -0.902. The summed E-state index contributed by atoms with van der Waals surface area (Å²) in [6.45, 7) is 1.81. The van der Waals surface area contributed by atoms with Crippen molar-refractivity contribution < 1.29 is 27.2 Å². The van der Waals surface area contributed by atoms with Gasteiger partial charge in [-0.05, 0) is 0 Å². The highest BCUT2D eigenvalue weighted by Crippen LogP contribution is 2.43. The molecular formula is C16H24F4N4O2. The van der Waals surface area contributed by atoms with Crippen LogP contribution in [0.5, 0.6) is 0 Å². The van der Waals surface area contributed by atoms with Gasteiger partial charge in [0.1, 0.15) is 0 Å². The van der Waals surface area contributed by atoms with Gasteiger partial charge in [0.15, 0.2) is 0 Å². The second-order valence-corrected chi connectivity index (χ2v) is 7.70. The summed E-state index contributed by atoms with van der Waals surface area (Å²) in [4.78, 5) is 26.2. The summed E-state index contributed by atoms with van der Waals surface area (Å²) in [5, 5.41) is 5.47. The Kier molecular flexibility index (Phi) is 5.17. The van der Waals surface area contributed by atoms with Crippen molar-refractivity contribution in [3.05, 3.63) is 0 Å². The molecule has 4 N–H and O–H groups in total. The zero-order valence-corrected chi connectivity index (χ0v) is 14.3. The maximum atomic E-state index is 12.9. The Morgan fingerprint density at radius 2 is 1.27 bits per heavy atom. The fourth-order valence-corrected chi connectivity index (χ4v) is 3.84. The summed E-state index contributed by atoms with van der Waals surface area (Å²) in [5.41, 5.74) is 5.54. The lowest BCUT2D eigenvalue weighted by Crippen LogP contribution is -2.56. The average molecular weight is 380 g/mol. The van der Waals surface area contributed by atoms with E-state index < -0.39 is 73.3 Å². The van der Waals surface area contributed by atoms with Crippen LogP contribution >= 0.6 is 0 Å². The van der Waals surface area contributed by atoms with Gasteiger partial charge >= 0.3 is 0 Å². The van der Waals surface area contributed by atoms with E-state index in [4.69, 9.17) is 5.73 Å². The first-order valence-corrected chi connectivity index (χ1v) is 8.87. The lowest BCUT2D eigenvalue weighted by atomic mass is 9.80. The van der Waals surface area contributed by atoms with Crippen LogP contribution in [-0.4, -0.2) is 66.8 Å². The monoisotopic (exact) mass is 380 g/mol. The summed E-state index contributed by atoms with van der Waals surface area (Å²) in [6.07, 6.45) is -1.86. The van der Waals surface area contributed by atoms with E-state index in [1.807, 2.05) is 4.90 Å². The van der Waals surface area contributed by atoms with Gasteiger partial charge in [0, 0.05) is 63.7 Å². The molecule has 0 aromatic carbocycles.